The van der Waals surface area contributed by atoms with E-state index in [9.17, 15) is 18.0 Å². The van der Waals surface area contributed by atoms with Crippen LogP contribution in [0.4, 0.5) is 13.2 Å². The van der Waals surface area contributed by atoms with Crippen LogP contribution in [0.1, 0.15) is 27.7 Å². The van der Waals surface area contributed by atoms with Crippen LogP contribution in [0.5, 0.6) is 0 Å². The number of aromatic nitrogens is 2. The Morgan fingerprint density at radius 3 is 2.53 bits per heavy atom. The van der Waals surface area contributed by atoms with Crippen molar-refractivity contribution < 1.29 is 32.6 Å². The molecule has 2 aromatic rings. The van der Waals surface area contributed by atoms with Crippen molar-refractivity contribution in [3.63, 3.8) is 0 Å². The second-order valence-corrected chi connectivity index (χ2v) is 8.68. The predicted molar refractivity (Wildman–Crippen MR) is 110 cm³/mol. The van der Waals surface area contributed by atoms with E-state index in [-0.39, 0.29) is 11.8 Å². The van der Waals surface area contributed by atoms with Crippen LogP contribution >= 0.6 is 11.3 Å². The minimum Gasteiger partial charge on any atom is -0.475 e. The maximum absolute atomic E-state index is 13.2. The Balaban J connectivity index is 0.000000360. The predicted octanol–water partition coefficient (Wildman–Crippen LogP) is 2.38. The van der Waals surface area contributed by atoms with Gasteiger partial charge in [0.1, 0.15) is 0 Å². The molecular formula is C20H25F3N4O4S. The number of carboxylic acids is 1. The van der Waals surface area contributed by atoms with Gasteiger partial charge < -0.3 is 19.3 Å². The standard InChI is InChI=1S/C18H24N4O2S.C2HF3O2/c1-13-3-8-25-16(13)11-21-9-14(17-15(10-21)19-12-20(17)2)18(23)22-4-6-24-7-5-22;3-2(4,5)1(6)7/h3,8,12,14H,4-7,9-11H2,1-2H3;(H,6,7). The molecule has 4 rings (SSSR count). The van der Waals surface area contributed by atoms with Gasteiger partial charge in [-0.3, -0.25) is 9.69 Å². The number of morpholine rings is 1. The average molecular weight is 475 g/mol. The number of ether oxygens (including phenoxy) is 1. The number of hydrogen-bond acceptors (Lipinski definition) is 6. The number of alkyl halides is 3. The SMILES string of the molecule is Cc1ccsc1CN1Cc2ncn(C)c2C(C(=O)N2CCOCC2)C1.O=C(O)C(F)(F)F. The molecule has 0 aromatic carbocycles. The van der Waals surface area contributed by atoms with Gasteiger partial charge in [0.25, 0.3) is 0 Å². The van der Waals surface area contributed by atoms with Gasteiger partial charge >= 0.3 is 12.1 Å². The van der Waals surface area contributed by atoms with E-state index in [2.05, 4.69) is 28.3 Å². The second-order valence-electron chi connectivity index (χ2n) is 7.68. The van der Waals surface area contributed by atoms with Gasteiger partial charge in [-0.25, -0.2) is 9.78 Å². The fourth-order valence-electron chi connectivity index (χ4n) is 3.77. The van der Waals surface area contributed by atoms with Crippen LogP contribution < -0.4 is 0 Å². The summed E-state index contributed by atoms with van der Waals surface area (Å²) in [6, 6.07) is 2.16. The molecule has 1 N–H and O–H groups in total. The lowest BCUT2D eigenvalue weighted by molar-refractivity contribution is -0.192. The van der Waals surface area contributed by atoms with E-state index < -0.39 is 12.1 Å². The topological polar surface area (TPSA) is 87.9 Å². The summed E-state index contributed by atoms with van der Waals surface area (Å²) in [5.41, 5.74) is 3.44. The van der Waals surface area contributed by atoms with Crippen LogP contribution in [0.15, 0.2) is 17.8 Å². The third kappa shape index (κ3) is 5.67. The number of hydrogen-bond donors (Lipinski definition) is 1. The molecule has 4 heterocycles. The molecule has 8 nitrogen and oxygen atoms in total. The number of amides is 1. The van der Waals surface area contributed by atoms with Gasteiger partial charge in [0.15, 0.2) is 0 Å². The number of thiophene rings is 1. The molecule has 1 atom stereocenters. The normalized spacial score (nSPS) is 19.2. The lowest BCUT2D eigenvalue weighted by Crippen LogP contribution is -2.47. The highest BCUT2D eigenvalue weighted by molar-refractivity contribution is 7.10. The molecule has 0 spiro atoms. The van der Waals surface area contributed by atoms with Gasteiger partial charge in [0.05, 0.1) is 36.8 Å². The molecule has 32 heavy (non-hydrogen) atoms. The molecule has 0 aliphatic carbocycles. The summed E-state index contributed by atoms with van der Waals surface area (Å²) in [7, 11) is 1.99. The largest absolute Gasteiger partial charge is 0.490 e. The zero-order chi connectivity index (χ0) is 23.5. The minimum atomic E-state index is -5.08. The Labute approximate surface area is 187 Å². The van der Waals surface area contributed by atoms with Gasteiger partial charge in [0, 0.05) is 44.6 Å². The van der Waals surface area contributed by atoms with Crippen LogP contribution in [0.3, 0.4) is 0 Å². The first-order chi connectivity index (χ1) is 15.1. The van der Waals surface area contributed by atoms with Crippen LogP contribution in [-0.4, -0.2) is 75.4 Å². The van der Waals surface area contributed by atoms with Crippen LogP contribution in [0.2, 0.25) is 0 Å². The molecule has 0 radical (unpaired) electrons. The number of halogens is 3. The van der Waals surface area contributed by atoms with Crippen molar-refractivity contribution >= 4 is 23.2 Å². The van der Waals surface area contributed by atoms with Crippen LogP contribution in [-0.2, 0) is 34.5 Å². The zero-order valence-electron chi connectivity index (χ0n) is 17.8. The highest BCUT2D eigenvalue weighted by Crippen LogP contribution is 2.31. The first-order valence-corrected chi connectivity index (χ1v) is 10.9. The van der Waals surface area contributed by atoms with Gasteiger partial charge in [0.2, 0.25) is 5.91 Å². The Hall–Kier alpha value is -2.44. The monoisotopic (exact) mass is 474 g/mol. The second kappa shape index (κ2) is 10.0. The van der Waals surface area contributed by atoms with Crippen LogP contribution in [0, 0.1) is 6.92 Å². The summed E-state index contributed by atoms with van der Waals surface area (Å²) >= 11 is 1.79. The molecule has 0 saturated carbocycles. The zero-order valence-corrected chi connectivity index (χ0v) is 18.6. The number of carbonyl (C=O) groups is 2. The third-order valence-corrected chi connectivity index (χ3v) is 6.41. The van der Waals surface area contributed by atoms with E-state index in [0.717, 1.165) is 31.0 Å². The lowest BCUT2D eigenvalue weighted by Gasteiger charge is -2.36. The van der Waals surface area contributed by atoms with E-state index in [0.29, 0.717) is 26.3 Å². The Morgan fingerprint density at radius 2 is 1.97 bits per heavy atom. The van der Waals surface area contributed by atoms with E-state index in [1.54, 1.807) is 11.3 Å². The van der Waals surface area contributed by atoms with E-state index in [1.807, 2.05) is 22.8 Å². The van der Waals surface area contributed by atoms with E-state index in [1.165, 1.54) is 10.4 Å². The molecule has 1 amide bonds. The smallest absolute Gasteiger partial charge is 0.475 e. The van der Waals surface area contributed by atoms with Crippen molar-refractivity contribution in [3.05, 3.63) is 39.6 Å². The number of rotatable bonds is 3. The maximum atomic E-state index is 13.2. The fourth-order valence-corrected chi connectivity index (χ4v) is 4.71. The Kier molecular flexibility index (Phi) is 7.57. The molecule has 1 saturated heterocycles. The van der Waals surface area contributed by atoms with Gasteiger partial charge in [-0.05, 0) is 23.9 Å². The highest BCUT2D eigenvalue weighted by Gasteiger charge is 2.38. The minimum absolute atomic E-state index is 0.144. The lowest BCUT2D eigenvalue weighted by atomic mass is 9.96. The molecule has 2 aliphatic heterocycles. The van der Waals surface area contributed by atoms with Crippen molar-refractivity contribution in [3.8, 4) is 0 Å². The number of aryl methyl sites for hydroxylation is 2. The van der Waals surface area contributed by atoms with Gasteiger partial charge in [-0.2, -0.15) is 13.2 Å². The van der Waals surface area contributed by atoms with Crippen molar-refractivity contribution in [2.45, 2.75) is 32.1 Å². The summed E-state index contributed by atoms with van der Waals surface area (Å²) in [5, 5.41) is 9.26. The first kappa shape index (κ1) is 24.2. The number of carboxylic acid groups (broad SMARTS) is 1. The van der Waals surface area contributed by atoms with Gasteiger partial charge in [-0.1, -0.05) is 0 Å². The maximum Gasteiger partial charge on any atom is 0.490 e. The molecule has 1 unspecified atom stereocenters. The number of fused-ring (bicyclic) bond motifs is 1. The number of imidazole rings is 1. The number of nitrogens with zero attached hydrogens (tertiary/aromatic N) is 4. The van der Waals surface area contributed by atoms with Gasteiger partial charge in [-0.15, -0.1) is 11.3 Å². The Bertz CT molecular complexity index is 953. The van der Waals surface area contributed by atoms with E-state index in [4.69, 9.17) is 14.6 Å². The van der Waals surface area contributed by atoms with Crippen molar-refractivity contribution in [1.29, 1.82) is 0 Å². The fraction of sp³-hybridized carbons (Fsp3) is 0.550. The summed E-state index contributed by atoms with van der Waals surface area (Å²) < 4.78 is 39.2. The van der Waals surface area contributed by atoms with Crippen LogP contribution in [0.25, 0.3) is 0 Å². The molecule has 2 aromatic heterocycles. The molecule has 176 valence electrons. The molecule has 0 bridgehead atoms. The molecule has 12 heteroatoms. The van der Waals surface area contributed by atoms with Crippen molar-refractivity contribution in [2.24, 2.45) is 7.05 Å². The first-order valence-electron chi connectivity index (χ1n) is 10.00. The molecule has 1 fully saturated rings. The average Bonchev–Trinajstić information content (AvgIpc) is 3.33. The van der Waals surface area contributed by atoms with Crippen molar-refractivity contribution in [2.75, 3.05) is 32.8 Å². The summed E-state index contributed by atoms with van der Waals surface area (Å²) in [4.78, 5) is 32.3. The molecule has 2 aliphatic rings. The Morgan fingerprint density at radius 1 is 1.31 bits per heavy atom. The number of aliphatic carboxylic acids is 1. The number of carbonyl (C=O) groups excluding carboxylic acids is 1. The summed E-state index contributed by atoms with van der Waals surface area (Å²) in [5.74, 6) is -2.69. The van der Waals surface area contributed by atoms with E-state index >= 15 is 0 Å². The van der Waals surface area contributed by atoms with Crippen molar-refractivity contribution in [1.82, 2.24) is 19.4 Å². The summed E-state index contributed by atoms with van der Waals surface area (Å²) in [6.07, 6.45) is -3.25. The summed E-state index contributed by atoms with van der Waals surface area (Å²) in [6.45, 7) is 7.23. The molecular weight excluding hydrogens is 449 g/mol. The highest BCUT2D eigenvalue weighted by atomic mass is 32.1. The quantitative estimate of drug-likeness (QED) is 0.735. The third-order valence-electron chi connectivity index (χ3n) is 5.41.